The Morgan fingerprint density at radius 1 is 1.18 bits per heavy atom. The largest absolute Gasteiger partial charge is 0.444 e. The zero-order chi connectivity index (χ0) is 11.5. The van der Waals surface area contributed by atoms with Crippen molar-refractivity contribution in [1.82, 2.24) is 10.3 Å². The van der Waals surface area contributed by atoms with E-state index in [9.17, 15) is 0 Å². The molecule has 94 valence electrons. The first-order valence-electron chi connectivity index (χ1n) is 6.70. The molecule has 2 fully saturated rings. The van der Waals surface area contributed by atoms with E-state index in [1.165, 1.54) is 12.8 Å². The maximum atomic E-state index is 5.93. The summed E-state index contributed by atoms with van der Waals surface area (Å²) < 4.78 is 11.3. The van der Waals surface area contributed by atoms with Crippen LogP contribution < -0.4 is 5.32 Å². The van der Waals surface area contributed by atoms with E-state index >= 15 is 0 Å². The van der Waals surface area contributed by atoms with E-state index in [0.717, 1.165) is 50.7 Å². The van der Waals surface area contributed by atoms with Crippen LogP contribution in [0, 0.1) is 0 Å². The van der Waals surface area contributed by atoms with Crippen LogP contribution in [0.3, 0.4) is 0 Å². The summed E-state index contributed by atoms with van der Waals surface area (Å²) in [5.41, 5.74) is 0. The van der Waals surface area contributed by atoms with Crippen LogP contribution in [0.2, 0.25) is 0 Å². The van der Waals surface area contributed by atoms with Crippen molar-refractivity contribution in [3.8, 4) is 0 Å². The third-order valence-electron chi connectivity index (χ3n) is 3.77. The molecule has 3 heterocycles. The first kappa shape index (κ1) is 11.2. The number of hydrogen-bond acceptors (Lipinski definition) is 4. The van der Waals surface area contributed by atoms with Gasteiger partial charge in [0.05, 0.1) is 12.2 Å². The van der Waals surface area contributed by atoms with Crippen molar-refractivity contribution in [2.75, 3.05) is 19.8 Å². The summed E-state index contributed by atoms with van der Waals surface area (Å²) in [5.74, 6) is 2.44. The maximum Gasteiger partial charge on any atom is 0.211 e. The van der Waals surface area contributed by atoms with Gasteiger partial charge in [-0.25, -0.2) is 4.98 Å². The lowest BCUT2D eigenvalue weighted by Crippen LogP contribution is -2.26. The van der Waals surface area contributed by atoms with Crippen molar-refractivity contribution in [1.29, 1.82) is 0 Å². The molecule has 0 spiro atoms. The summed E-state index contributed by atoms with van der Waals surface area (Å²) in [6.45, 7) is 2.78. The van der Waals surface area contributed by atoms with Crippen molar-refractivity contribution in [3.63, 3.8) is 0 Å². The SMILES string of the molecule is c1nc(C2CCCCN2)oc1C1CCOCC1. The van der Waals surface area contributed by atoms with E-state index < -0.39 is 0 Å². The van der Waals surface area contributed by atoms with Gasteiger partial charge in [0.2, 0.25) is 5.89 Å². The van der Waals surface area contributed by atoms with Gasteiger partial charge in [-0.2, -0.15) is 0 Å². The van der Waals surface area contributed by atoms with Gasteiger partial charge in [-0.05, 0) is 32.2 Å². The normalized spacial score (nSPS) is 27.2. The van der Waals surface area contributed by atoms with Gasteiger partial charge in [0.1, 0.15) is 5.76 Å². The monoisotopic (exact) mass is 236 g/mol. The van der Waals surface area contributed by atoms with Gasteiger partial charge in [0.15, 0.2) is 0 Å². The Morgan fingerprint density at radius 3 is 2.82 bits per heavy atom. The zero-order valence-electron chi connectivity index (χ0n) is 10.2. The van der Waals surface area contributed by atoms with Crippen molar-refractivity contribution >= 4 is 0 Å². The highest BCUT2D eigenvalue weighted by Gasteiger charge is 2.23. The Balaban J connectivity index is 1.68. The van der Waals surface area contributed by atoms with Crippen LogP contribution in [0.5, 0.6) is 0 Å². The van der Waals surface area contributed by atoms with Crippen molar-refractivity contribution in [3.05, 3.63) is 17.8 Å². The highest BCUT2D eigenvalue weighted by atomic mass is 16.5. The summed E-state index contributed by atoms with van der Waals surface area (Å²) in [6.07, 6.45) is 7.73. The molecular formula is C13H20N2O2. The van der Waals surface area contributed by atoms with Gasteiger partial charge in [0, 0.05) is 19.1 Å². The molecule has 4 nitrogen and oxygen atoms in total. The molecule has 0 amide bonds. The Bertz CT molecular complexity index is 320. The first-order chi connectivity index (χ1) is 8.43. The Kier molecular flexibility index (Phi) is 3.43. The minimum atomic E-state index is 0.331. The second-order valence-corrected chi connectivity index (χ2v) is 4.99. The van der Waals surface area contributed by atoms with E-state index in [1.54, 1.807) is 0 Å². The fourth-order valence-electron chi connectivity index (χ4n) is 2.70. The number of ether oxygens (including phenoxy) is 1. The molecular weight excluding hydrogens is 216 g/mol. The standard InChI is InChI=1S/C13H20N2O2/c1-2-6-14-11(3-1)13-15-9-12(17-13)10-4-7-16-8-5-10/h9-11,14H,1-8H2. The molecule has 1 aromatic heterocycles. The Morgan fingerprint density at radius 2 is 2.06 bits per heavy atom. The molecule has 0 radical (unpaired) electrons. The summed E-state index contributed by atoms with van der Waals surface area (Å²) in [5, 5.41) is 3.47. The molecule has 1 aromatic rings. The Labute approximate surface area is 102 Å². The molecule has 2 aliphatic rings. The van der Waals surface area contributed by atoms with Crippen LogP contribution in [-0.2, 0) is 4.74 Å². The minimum absolute atomic E-state index is 0.331. The number of oxazole rings is 1. The van der Waals surface area contributed by atoms with Gasteiger partial charge in [-0.1, -0.05) is 6.42 Å². The van der Waals surface area contributed by atoms with Crippen LogP contribution >= 0.6 is 0 Å². The first-order valence-corrected chi connectivity index (χ1v) is 6.70. The fourth-order valence-corrected chi connectivity index (χ4v) is 2.70. The molecule has 1 N–H and O–H groups in total. The van der Waals surface area contributed by atoms with E-state index in [1.807, 2.05) is 6.20 Å². The summed E-state index contributed by atoms with van der Waals surface area (Å²) >= 11 is 0. The van der Waals surface area contributed by atoms with E-state index in [-0.39, 0.29) is 0 Å². The topological polar surface area (TPSA) is 47.3 Å². The summed E-state index contributed by atoms with van der Waals surface area (Å²) in [7, 11) is 0. The number of hydrogen-bond donors (Lipinski definition) is 1. The highest BCUT2D eigenvalue weighted by Crippen LogP contribution is 2.30. The van der Waals surface area contributed by atoms with Crippen molar-refractivity contribution in [2.45, 2.75) is 44.1 Å². The predicted octanol–water partition coefficient (Wildman–Crippen LogP) is 2.38. The lowest BCUT2D eigenvalue weighted by Gasteiger charge is -2.21. The smallest absolute Gasteiger partial charge is 0.211 e. The molecule has 3 rings (SSSR count). The van der Waals surface area contributed by atoms with Gasteiger partial charge in [-0.15, -0.1) is 0 Å². The van der Waals surface area contributed by atoms with Crippen molar-refractivity contribution in [2.24, 2.45) is 0 Å². The van der Waals surface area contributed by atoms with Crippen LogP contribution in [0.25, 0.3) is 0 Å². The predicted molar refractivity (Wildman–Crippen MR) is 63.9 cm³/mol. The molecule has 0 aromatic carbocycles. The molecule has 0 aliphatic carbocycles. The van der Waals surface area contributed by atoms with Crippen LogP contribution in [-0.4, -0.2) is 24.7 Å². The molecule has 2 saturated heterocycles. The molecule has 0 saturated carbocycles. The molecule has 2 aliphatic heterocycles. The highest BCUT2D eigenvalue weighted by molar-refractivity contribution is 5.05. The number of piperidine rings is 1. The average molecular weight is 236 g/mol. The minimum Gasteiger partial charge on any atom is -0.444 e. The molecule has 1 atom stereocenters. The number of rotatable bonds is 2. The lowest BCUT2D eigenvalue weighted by molar-refractivity contribution is 0.0801. The van der Waals surface area contributed by atoms with Crippen LogP contribution in [0.4, 0.5) is 0 Å². The third-order valence-corrected chi connectivity index (χ3v) is 3.77. The second-order valence-electron chi connectivity index (χ2n) is 4.99. The van der Waals surface area contributed by atoms with Crippen LogP contribution in [0.1, 0.15) is 55.7 Å². The van der Waals surface area contributed by atoms with Gasteiger partial charge in [0.25, 0.3) is 0 Å². The number of nitrogens with zero attached hydrogens (tertiary/aromatic N) is 1. The summed E-state index contributed by atoms with van der Waals surface area (Å²) in [4.78, 5) is 4.45. The second kappa shape index (κ2) is 5.19. The van der Waals surface area contributed by atoms with Gasteiger partial charge < -0.3 is 14.5 Å². The van der Waals surface area contributed by atoms with Gasteiger partial charge in [-0.3, -0.25) is 0 Å². The summed E-state index contributed by atoms with van der Waals surface area (Å²) in [6, 6.07) is 0.331. The zero-order valence-corrected chi connectivity index (χ0v) is 10.2. The average Bonchev–Trinajstić information content (AvgIpc) is 2.90. The van der Waals surface area contributed by atoms with E-state index in [4.69, 9.17) is 9.15 Å². The van der Waals surface area contributed by atoms with E-state index in [0.29, 0.717) is 12.0 Å². The quantitative estimate of drug-likeness (QED) is 0.856. The molecule has 4 heteroatoms. The van der Waals surface area contributed by atoms with Crippen LogP contribution in [0.15, 0.2) is 10.6 Å². The molecule has 1 unspecified atom stereocenters. The number of aromatic nitrogens is 1. The lowest BCUT2D eigenvalue weighted by atomic mass is 9.98. The van der Waals surface area contributed by atoms with Crippen molar-refractivity contribution < 1.29 is 9.15 Å². The van der Waals surface area contributed by atoms with Gasteiger partial charge >= 0.3 is 0 Å². The third kappa shape index (κ3) is 2.53. The Hall–Kier alpha value is -0.870. The molecule has 0 bridgehead atoms. The molecule has 17 heavy (non-hydrogen) atoms. The number of nitrogens with one attached hydrogen (secondary N) is 1. The fraction of sp³-hybridized carbons (Fsp3) is 0.769. The maximum absolute atomic E-state index is 5.93. The van der Waals surface area contributed by atoms with E-state index in [2.05, 4.69) is 10.3 Å².